The summed E-state index contributed by atoms with van der Waals surface area (Å²) in [5.74, 6) is 0.624. The second kappa shape index (κ2) is 10.2. The minimum atomic E-state index is -0.389. The van der Waals surface area contributed by atoms with E-state index in [9.17, 15) is 4.79 Å². The Hall–Kier alpha value is -2.53. The van der Waals surface area contributed by atoms with Crippen molar-refractivity contribution < 1.29 is 14.3 Å². The van der Waals surface area contributed by atoms with Crippen LogP contribution in [0, 0.1) is 0 Å². The number of carbonyl (C=O) groups excluding carboxylic acids is 1. The fourth-order valence-corrected chi connectivity index (χ4v) is 5.62. The molecule has 10 heteroatoms. The van der Waals surface area contributed by atoms with Gasteiger partial charge in [-0.05, 0) is 64.5 Å². The lowest BCUT2D eigenvalue weighted by Gasteiger charge is -2.15. The Morgan fingerprint density at radius 3 is 2.39 bits per heavy atom. The first-order valence-electron chi connectivity index (χ1n) is 9.58. The lowest BCUT2D eigenvalue weighted by molar-refractivity contribution is 0.0977. The molecular formula is C23H17Br2N3O3S2. The Bertz CT molecular complexity index is 1320. The van der Waals surface area contributed by atoms with Crippen LogP contribution < -0.4 is 20.1 Å². The Balaban J connectivity index is 1.61. The number of benzene rings is 3. The number of nitrogens with one attached hydrogen (secondary N) is 2. The fourth-order valence-electron chi connectivity index (χ4n) is 3.12. The van der Waals surface area contributed by atoms with Crippen molar-refractivity contribution in [1.82, 2.24) is 10.3 Å². The highest BCUT2D eigenvalue weighted by atomic mass is 79.9. The third-order valence-electron chi connectivity index (χ3n) is 4.66. The van der Waals surface area contributed by atoms with E-state index in [2.05, 4.69) is 42.5 Å². The number of methoxy groups -OCH3 is 2. The molecule has 0 radical (unpaired) electrons. The van der Waals surface area contributed by atoms with Gasteiger partial charge in [0, 0.05) is 26.1 Å². The van der Waals surface area contributed by atoms with Crippen LogP contribution in [-0.2, 0) is 0 Å². The van der Waals surface area contributed by atoms with E-state index in [1.54, 1.807) is 29.5 Å². The third kappa shape index (κ3) is 5.35. The maximum atomic E-state index is 12.8. The van der Waals surface area contributed by atoms with Gasteiger partial charge in [-0.1, -0.05) is 28.1 Å². The molecule has 33 heavy (non-hydrogen) atoms. The van der Waals surface area contributed by atoms with E-state index in [4.69, 9.17) is 26.7 Å². The van der Waals surface area contributed by atoms with Crippen LogP contribution in [0.25, 0.3) is 20.8 Å². The Morgan fingerprint density at radius 1 is 1.03 bits per heavy atom. The molecular weight excluding hydrogens is 590 g/mol. The highest BCUT2D eigenvalue weighted by Gasteiger charge is 2.17. The average Bonchev–Trinajstić information content (AvgIpc) is 3.24. The van der Waals surface area contributed by atoms with Gasteiger partial charge in [0.05, 0.1) is 30.1 Å². The standard InChI is InChI=1S/C23H17Br2N3O3S2/c1-30-14-7-12(8-15(11-14)31-2)21(29)28-23(32)27-20-16(9-13(24)10-17(20)25)22-26-18-5-3-4-6-19(18)33-22/h3-11H,1-2H3,(H2,27,28,29,32). The SMILES string of the molecule is COc1cc(OC)cc(C(=O)NC(=S)Nc2c(Br)cc(Br)cc2-c2nc3ccccc3s2)c1. The van der Waals surface area contributed by atoms with Crippen molar-refractivity contribution in [2.75, 3.05) is 19.5 Å². The van der Waals surface area contributed by atoms with Gasteiger partial charge in [-0.25, -0.2) is 4.98 Å². The molecule has 0 bridgehead atoms. The zero-order chi connectivity index (χ0) is 23.5. The normalized spacial score (nSPS) is 10.7. The first-order chi connectivity index (χ1) is 15.9. The molecule has 168 valence electrons. The summed E-state index contributed by atoms with van der Waals surface area (Å²) >= 11 is 14.2. The van der Waals surface area contributed by atoms with Crippen LogP contribution >= 0.6 is 55.4 Å². The van der Waals surface area contributed by atoms with Gasteiger partial charge >= 0.3 is 0 Å². The summed E-state index contributed by atoms with van der Waals surface area (Å²) in [4.78, 5) is 17.6. The molecule has 0 atom stereocenters. The van der Waals surface area contributed by atoms with Crippen molar-refractivity contribution in [2.24, 2.45) is 0 Å². The summed E-state index contributed by atoms with van der Waals surface area (Å²) in [5, 5.41) is 6.83. The molecule has 0 spiro atoms. The van der Waals surface area contributed by atoms with E-state index in [0.717, 1.165) is 29.7 Å². The molecule has 2 N–H and O–H groups in total. The number of thiazole rings is 1. The number of halogens is 2. The average molecular weight is 607 g/mol. The van der Waals surface area contributed by atoms with E-state index in [-0.39, 0.29) is 11.0 Å². The number of hydrogen-bond donors (Lipinski definition) is 2. The maximum Gasteiger partial charge on any atom is 0.257 e. The first kappa shape index (κ1) is 23.6. The van der Waals surface area contributed by atoms with Gasteiger partial charge in [-0.3, -0.25) is 10.1 Å². The van der Waals surface area contributed by atoms with Crippen molar-refractivity contribution in [3.05, 3.63) is 69.1 Å². The number of rotatable bonds is 5. The van der Waals surface area contributed by atoms with E-state index >= 15 is 0 Å². The molecule has 3 aromatic carbocycles. The van der Waals surface area contributed by atoms with Crippen LogP contribution in [0.15, 0.2) is 63.5 Å². The van der Waals surface area contributed by atoms with E-state index < -0.39 is 0 Å². The topological polar surface area (TPSA) is 72.5 Å². The summed E-state index contributed by atoms with van der Waals surface area (Å²) in [6, 6.07) is 16.7. The van der Waals surface area contributed by atoms with Crippen molar-refractivity contribution in [3.63, 3.8) is 0 Å². The van der Waals surface area contributed by atoms with Crippen molar-refractivity contribution >= 4 is 82.3 Å². The highest BCUT2D eigenvalue weighted by molar-refractivity contribution is 9.11. The molecule has 0 fully saturated rings. The molecule has 1 aromatic heterocycles. The van der Waals surface area contributed by atoms with E-state index in [1.807, 2.05) is 36.4 Å². The third-order valence-corrected chi connectivity index (χ3v) is 7.02. The van der Waals surface area contributed by atoms with Crippen LogP contribution in [0.2, 0.25) is 0 Å². The van der Waals surface area contributed by atoms with Crippen molar-refractivity contribution in [3.8, 4) is 22.1 Å². The molecule has 1 amide bonds. The number of aromatic nitrogens is 1. The van der Waals surface area contributed by atoms with Gasteiger partial charge in [-0.2, -0.15) is 0 Å². The van der Waals surface area contributed by atoms with Crippen LogP contribution in [0.1, 0.15) is 10.4 Å². The molecule has 0 saturated carbocycles. The number of anilines is 1. The summed E-state index contributed by atoms with van der Waals surface area (Å²) in [6.07, 6.45) is 0. The maximum absolute atomic E-state index is 12.8. The number of thiocarbonyl (C=S) groups is 1. The van der Waals surface area contributed by atoms with Gasteiger partial charge in [0.2, 0.25) is 0 Å². The lowest BCUT2D eigenvalue weighted by Crippen LogP contribution is -2.34. The van der Waals surface area contributed by atoms with Crippen LogP contribution in [0.3, 0.4) is 0 Å². The van der Waals surface area contributed by atoms with Gasteiger partial charge in [-0.15, -0.1) is 11.3 Å². The monoisotopic (exact) mass is 605 g/mol. The van der Waals surface area contributed by atoms with Crippen molar-refractivity contribution in [1.29, 1.82) is 0 Å². The second-order valence-corrected chi connectivity index (χ2v) is 10.0. The number of para-hydroxylation sites is 1. The zero-order valence-corrected chi connectivity index (χ0v) is 22.2. The molecule has 0 aliphatic carbocycles. The first-order valence-corrected chi connectivity index (χ1v) is 12.4. The largest absolute Gasteiger partial charge is 0.497 e. The minimum Gasteiger partial charge on any atom is -0.497 e. The van der Waals surface area contributed by atoms with Gasteiger partial charge in [0.15, 0.2) is 5.11 Å². The molecule has 1 heterocycles. The smallest absolute Gasteiger partial charge is 0.257 e. The van der Waals surface area contributed by atoms with E-state index in [1.165, 1.54) is 14.2 Å². The summed E-state index contributed by atoms with van der Waals surface area (Å²) in [7, 11) is 3.05. The predicted octanol–water partition coefficient (Wildman–Crippen LogP) is 6.63. The number of ether oxygens (including phenoxy) is 2. The van der Waals surface area contributed by atoms with Crippen LogP contribution in [0.5, 0.6) is 11.5 Å². The van der Waals surface area contributed by atoms with Crippen LogP contribution in [-0.4, -0.2) is 30.2 Å². The fraction of sp³-hybridized carbons (Fsp3) is 0.0870. The summed E-state index contributed by atoms with van der Waals surface area (Å²) in [5.41, 5.74) is 2.82. The number of hydrogen-bond acceptors (Lipinski definition) is 6. The molecule has 0 unspecified atom stereocenters. The molecule has 0 saturated heterocycles. The predicted molar refractivity (Wildman–Crippen MR) is 144 cm³/mol. The molecule has 6 nitrogen and oxygen atoms in total. The number of fused-ring (bicyclic) bond motifs is 1. The van der Waals surface area contributed by atoms with Gasteiger partial charge < -0.3 is 14.8 Å². The molecule has 4 rings (SSSR count). The lowest BCUT2D eigenvalue weighted by atomic mass is 10.2. The Kier molecular flexibility index (Phi) is 7.28. The number of amides is 1. The number of nitrogens with zero attached hydrogens (tertiary/aromatic N) is 1. The van der Waals surface area contributed by atoms with Gasteiger partial charge in [0.25, 0.3) is 5.91 Å². The molecule has 0 aliphatic rings. The summed E-state index contributed by atoms with van der Waals surface area (Å²) < 4.78 is 13.2. The highest BCUT2D eigenvalue weighted by Crippen LogP contribution is 2.40. The Morgan fingerprint density at radius 2 is 1.73 bits per heavy atom. The van der Waals surface area contributed by atoms with Gasteiger partial charge in [0.1, 0.15) is 16.5 Å². The second-order valence-electron chi connectivity index (χ2n) is 6.81. The number of carbonyl (C=O) groups is 1. The van der Waals surface area contributed by atoms with E-state index in [0.29, 0.717) is 22.7 Å². The zero-order valence-electron chi connectivity index (χ0n) is 17.4. The summed E-state index contributed by atoms with van der Waals surface area (Å²) in [6.45, 7) is 0. The Labute approximate surface area is 216 Å². The molecule has 0 aliphatic heterocycles. The quantitative estimate of drug-likeness (QED) is 0.248. The minimum absolute atomic E-state index is 0.146. The van der Waals surface area contributed by atoms with Crippen molar-refractivity contribution in [2.45, 2.75) is 0 Å². The molecule has 4 aromatic rings. The van der Waals surface area contributed by atoms with Crippen LogP contribution in [0.4, 0.5) is 5.69 Å².